The molecule has 0 aliphatic heterocycles. The van der Waals surface area contributed by atoms with Crippen LogP contribution in [0.25, 0.3) is 38.9 Å². The fourth-order valence-electron chi connectivity index (χ4n) is 3.39. The van der Waals surface area contributed by atoms with Gasteiger partial charge >= 0.3 is 0 Å². The Kier molecular flexibility index (Phi) is 4.00. The summed E-state index contributed by atoms with van der Waals surface area (Å²) in [5.74, 6) is 0.407. The minimum Gasteiger partial charge on any atom is -0.346 e. The zero-order valence-electron chi connectivity index (χ0n) is 15.0. The van der Waals surface area contributed by atoms with E-state index in [2.05, 4.69) is 15.0 Å². The van der Waals surface area contributed by atoms with Crippen molar-refractivity contribution in [2.45, 2.75) is 0 Å². The van der Waals surface area contributed by atoms with Gasteiger partial charge in [-0.1, -0.05) is 23.7 Å². The van der Waals surface area contributed by atoms with Crippen LogP contribution in [0.1, 0.15) is 0 Å². The molecule has 0 amide bonds. The number of halogens is 1. The molecule has 0 fully saturated rings. The monoisotopic (exact) mass is 400 g/mol. The van der Waals surface area contributed by atoms with E-state index < -0.39 is 0 Å². The largest absolute Gasteiger partial charge is 0.346 e. The van der Waals surface area contributed by atoms with Crippen molar-refractivity contribution in [1.82, 2.24) is 19.5 Å². The van der Waals surface area contributed by atoms with Crippen LogP contribution in [0.3, 0.4) is 0 Å². The second-order valence-electron chi connectivity index (χ2n) is 6.54. The number of rotatable bonds is 2. The molecule has 1 aromatic carbocycles. The van der Waals surface area contributed by atoms with Gasteiger partial charge in [0, 0.05) is 41.7 Å². The van der Waals surface area contributed by atoms with Crippen molar-refractivity contribution < 1.29 is 0 Å². The highest BCUT2D eigenvalue weighted by atomic mass is 35.5. The van der Waals surface area contributed by atoms with Gasteiger partial charge in [0.2, 0.25) is 0 Å². The Balaban J connectivity index is 1.91. The molecule has 29 heavy (non-hydrogen) atoms. The topological polar surface area (TPSA) is 80.6 Å². The molecule has 0 unspecified atom stereocenters. The van der Waals surface area contributed by atoms with Gasteiger partial charge in [0.25, 0.3) is 5.56 Å². The molecule has 0 aliphatic rings. The number of aromatic amines is 1. The van der Waals surface area contributed by atoms with E-state index >= 15 is 0 Å². The number of fused-ring (bicyclic) bond motifs is 2. The van der Waals surface area contributed by atoms with E-state index in [-0.39, 0.29) is 11.0 Å². The zero-order chi connectivity index (χ0) is 20.0. The molecule has 1 N–H and O–H groups in total. The molecular weight excluding hydrogens is 388 g/mol. The lowest BCUT2D eigenvalue weighted by atomic mass is 10.0. The molecule has 0 atom stereocenters. The Morgan fingerprint density at radius 3 is 2.76 bits per heavy atom. The molecule has 0 saturated carbocycles. The standard InChI is InChI=1S/C22H13ClN4O2/c23-17-11-14(10-13-4-3-7-24-20(13)17)15-12-16-18(28)6-8-25-21(16)26-22(15)27-9-2-1-5-19(27)29/h1-12H,(H,25,26,28). The van der Waals surface area contributed by atoms with Gasteiger partial charge in [-0.3, -0.25) is 19.1 Å². The third-order valence-corrected chi connectivity index (χ3v) is 5.03. The van der Waals surface area contributed by atoms with Crippen LogP contribution >= 0.6 is 11.6 Å². The number of hydrogen-bond acceptors (Lipinski definition) is 4. The summed E-state index contributed by atoms with van der Waals surface area (Å²) in [6, 6.07) is 15.5. The first-order valence-electron chi connectivity index (χ1n) is 8.87. The fraction of sp³-hybridized carbons (Fsp3) is 0. The van der Waals surface area contributed by atoms with Gasteiger partial charge in [0.1, 0.15) is 11.5 Å². The van der Waals surface area contributed by atoms with Crippen LogP contribution in [0.4, 0.5) is 0 Å². The summed E-state index contributed by atoms with van der Waals surface area (Å²) in [4.78, 5) is 36.8. The van der Waals surface area contributed by atoms with Crippen molar-refractivity contribution >= 4 is 33.5 Å². The number of H-pyrrole nitrogens is 1. The Morgan fingerprint density at radius 1 is 1.00 bits per heavy atom. The Bertz CT molecular complexity index is 1520. The summed E-state index contributed by atoms with van der Waals surface area (Å²) < 4.78 is 1.45. The maximum atomic E-state index is 12.5. The van der Waals surface area contributed by atoms with Crippen LogP contribution in [0.2, 0.25) is 5.02 Å². The number of hydrogen-bond donors (Lipinski definition) is 1. The Hall–Kier alpha value is -3.77. The van der Waals surface area contributed by atoms with E-state index in [1.165, 1.54) is 22.9 Å². The number of aromatic nitrogens is 4. The van der Waals surface area contributed by atoms with Crippen LogP contribution in [0, 0.1) is 0 Å². The van der Waals surface area contributed by atoms with Crippen molar-refractivity contribution in [3.05, 3.63) is 98.8 Å². The summed E-state index contributed by atoms with van der Waals surface area (Å²) >= 11 is 6.47. The molecule has 0 bridgehead atoms. The minimum absolute atomic E-state index is 0.159. The predicted octanol–water partition coefficient (Wildman–Crippen LogP) is 3.94. The van der Waals surface area contributed by atoms with Crippen molar-refractivity contribution in [3.8, 4) is 16.9 Å². The highest BCUT2D eigenvalue weighted by Crippen LogP contribution is 2.33. The van der Waals surface area contributed by atoms with E-state index in [0.717, 1.165) is 10.9 Å². The summed E-state index contributed by atoms with van der Waals surface area (Å²) in [6.45, 7) is 0. The van der Waals surface area contributed by atoms with Gasteiger partial charge in [-0.15, -0.1) is 0 Å². The zero-order valence-corrected chi connectivity index (χ0v) is 15.7. The average molecular weight is 401 g/mol. The second-order valence-corrected chi connectivity index (χ2v) is 6.95. The molecule has 7 heteroatoms. The summed E-state index contributed by atoms with van der Waals surface area (Å²) in [5, 5.41) is 1.76. The number of nitrogens with one attached hydrogen (secondary N) is 1. The van der Waals surface area contributed by atoms with Crippen molar-refractivity contribution in [2.24, 2.45) is 0 Å². The van der Waals surface area contributed by atoms with Crippen molar-refractivity contribution in [1.29, 1.82) is 0 Å². The molecule has 0 spiro atoms. The smallest absolute Gasteiger partial charge is 0.256 e. The van der Waals surface area contributed by atoms with Crippen molar-refractivity contribution in [3.63, 3.8) is 0 Å². The third-order valence-electron chi connectivity index (χ3n) is 4.74. The van der Waals surface area contributed by atoms with Crippen LogP contribution in [-0.4, -0.2) is 19.5 Å². The van der Waals surface area contributed by atoms with Gasteiger partial charge in [-0.05, 0) is 35.9 Å². The van der Waals surface area contributed by atoms with Crippen LogP contribution < -0.4 is 11.0 Å². The fourth-order valence-corrected chi connectivity index (χ4v) is 3.66. The first kappa shape index (κ1) is 17.3. The Morgan fingerprint density at radius 2 is 1.90 bits per heavy atom. The van der Waals surface area contributed by atoms with Crippen molar-refractivity contribution in [2.75, 3.05) is 0 Å². The highest BCUT2D eigenvalue weighted by molar-refractivity contribution is 6.35. The summed E-state index contributed by atoms with van der Waals surface area (Å²) in [6.07, 6.45) is 4.86. The third kappa shape index (κ3) is 2.90. The molecule has 4 aromatic heterocycles. The van der Waals surface area contributed by atoms with E-state index in [9.17, 15) is 9.59 Å². The van der Waals surface area contributed by atoms with E-state index in [4.69, 9.17) is 11.6 Å². The van der Waals surface area contributed by atoms with Gasteiger partial charge in [-0.2, -0.15) is 0 Å². The quantitative estimate of drug-likeness (QED) is 0.486. The molecule has 5 aromatic rings. The number of benzene rings is 1. The van der Waals surface area contributed by atoms with Gasteiger partial charge in [-0.25, -0.2) is 4.98 Å². The van der Waals surface area contributed by atoms with E-state index in [1.807, 2.05) is 18.2 Å². The molecule has 140 valence electrons. The lowest BCUT2D eigenvalue weighted by Crippen LogP contribution is -2.18. The molecular formula is C22H13ClN4O2. The average Bonchev–Trinajstić information content (AvgIpc) is 2.74. The number of nitrogens with zero attached hydrogens (tertiary/aromatic N) is 3. The van der Waals surface area contributed by atoms with Gasteiger partial charge < -0.3 is 4.98 Å². The van der Waals surface area contributed by atoms with E-state index in [0.29, 0.717) is 33.0 Å². The first-order chi connectivity index (χ1) is 14.1. The molecule has 0 aliphatic carbocycles. The maximum Gasteiger partial charge on any atom is 0.256 e. The predicted molar refractivity (Wildman–Crippen MR) is 114 cm³/mol. The van der Waals surface area contributed by atoms with Crippen LogP contribution in [-0.2, 0) is 0 Å². The summed E-state index contributed by atoms with van der Waals surface area (Å²) in [7, 11) is 0. The lowest BCUT2D eigenvalue weighted by Gasteiger charge is -2.13. The van der Waals surface area contributed by atoms with Crippen LogP contribution in [0.15, 0.2) is 82.8 Å². The molecule has 0 radical (unpaired) electrons. The molecule has 4 heterocycles. The first-order valence-corrected chi connectivity index (χ1v) is 9.25. The molecule has 5 rings (SSSR count). The lowest BCUT2D eigenvalue weighted by molar-refractivity contribution is 0.949. The second kappa shape index (κ2) is 6.68. The van der Waals surface area contributed by atoms with Gasteiger partial charge in [0.05, 0.1) is 15.9 Å². The highest BCUT2D eigenvalue weighted by Gasteiger charge is 2.15. The SMILES string of the molecule is O=c1cc[nH]c2nc(-n3ccccc3=O)c(-c3cc(Cl)c4ncccc4c3)cc12. The number of pyridine rings is 4. The van der Waals surface area contributed by atoms with Crippen LogP contribution in [0.5, 0.6) is 0 Å². The van der Waals surface area contributed by atoms with E-state index in [1.54, 1.807) is 36.7 Å². The Labute approximate surface area is 169 Å². The molecule has 6 nitrogen and oxygen atoms in total. The normalized spacial score (nSPS) is 11.2. The maximum absolute atomic E-state index is 12.5. The minimum atomic E-state index is -0.229. The van der Waals surface area contributed by atoms with Gasteiger partial charge in [0.15, 0.2) is 5.43 Å². The summed E-state index contributed by atoms with van der Waals surface area (Å²) in [5.41, 5.74) is 2.05. The molecule has 0 saturated heterocycles.